The van der Waals surface area contributed by atoms with Crippen molar-refractivity contribution in [1.82, 2.24) is 19.9 Å². The van der Waals surface area contributed by atoms with Crippen LogP contribution in [0.5, 0.6) is 0 Å². The van der Waals surface area contributed by atoms with Crippen LogP contribution >= 0.6 is 0 Å². The number of nitrogens with zero attached hydrogens (tertiary/aromatic N) is 5. The molecule has 2 heterocycles. The lowest BCUT2D eigenvalue weighted by Crippen LogP contribution is -2.47. The average Bonchev–Trinajstić information content (AvgIpc) is 3.22. The van der Waals surface area contributed by atoms with Gasteiger partial charge in [0.25, 0.3) is 0 Å². The van der Waals surface area contributed by atoms with Crippen molar-refractivity contribution < 1.29 is 4.79 Å². The van der Waals surface area contributed by atoms with Gasteiger partial charge in [-0.3, -0.25) is 14.4 Å². The molecule has 1 fully saturated rings. The highest BCUT2D eigenvalue weighted by Crippen LogP contribution is 2.15. The molecule has 0 unspecified atom stereocenters. The summed E-state index contributed by atoms with van der Waals surface area (Å²) in [6.45, 7) is 5.75. The topological polar surface area (TPSA) is 54.3 Å². The van der Waals surface area contributed by atoms with Crippen LogP contribution in [0, 0.1) is 0 Å². The highest BCUT2D eigenvalue weighted by atomic mass is 16.1. The molecule has 3 aromatic rings. The standard InChI is InChI=1S/C21H23N5O/c27-21(18-7-3-1-4-8-18)20-17-26(23-22-20)16-13-24-11-14-25(15-12-24)19-9-5-2-6-10-19/h1-10,17H,11-16H2. The van der Waals surface area contributed by atoms with E-state index in [0.29, 0.717) is 11.3 Å². The fourth-order valence-corrected chi connectivity index (χ4v) is 3.36. The first-order valence-corrected chi connectivity index (χ1v) is 9.32. The van der Waals surface area contributed by atoms with E-state index in [1.807, 2.05) is 18.2 Å². The van der Waals surface area contributed by atoms with E-state index in [-0.39, 0.29) is 5.78 Å². The number of hydrogen-bond donors (Lipinski definition) is 0. The highest BCUT2D eigenvalue weighted by molar-refractivity contribution is 6.07. The van der Waals surface area contributed by atoms with E-state index in [9.17, 15) is 4.79 Å². The molecule has 0 saturated carbocycles. The van der Waals surface area contributed by atoms with Crippen LogP contribution < -0.4 is 4.90 Å². The van der Waals surface area contributed by atoms with Gasteiger partial charge < -0.3 is 4.90 Å². The molecular weight excluding hydrogens is 338 g/mol. The van der Waals surface area contributed by atoms with Gasteiger partial charge in [-0.1, -0.05) is 53.7 Å². The third-order valence-electron chi connectivity index (χ3n) is 4.95. The van der Waals surface area contributed by atoms with Gasteiger partial charge in [-0.15, -0.1) is 5.10 Å². The molecule has 138 valence electrons. The van der Waals surface area contributed by atoms with Gasteiger partial charge in [-0.25, -0.2) is 0 Å². The first kappa shape index (κ1) is 17.4. The molecule has 6 nitrogen and oxygen atoms in total. The van der Waals surface area contributed by atoms with Gasteiger partial charge >= 0.3 is 0 Å². The molecule has 0 aliphatic carbocycles. The van der Waals surface area contributed by atoms with E-state index in [0.717, 1.165) is 39.3 Å². The van der Waals surface area contributed by atoms with E-state index in [2.05, 4.69) is 50.4 Å². The Morgan fingerprint density at radius 2 is 1.52 bits per heavy atom. The maximum absolute atomic E-state index is 12.4. The van der Waals surface area contributed by atoms with Crippen LogP contribution in [0.15, 0.2) is 66.9 Å². The summed E-state index contributed by atoms with van der Waals surface area (Å²) in [7, 11) is 0. The SMILES string of the molecule is O=C(c1ccccc1)c1cn(CCN2CCN(c3ccccc3)CC2)nn1. The lowest BCUT2D eigenvalue weighted by molar-refractivity contribution is 0.103. The van der Waals surface area contributed by atoms with Gasteiger partial charge in [0.15, 0.2) is 5.69 Å². The minimum atomic E-state index is -0.0849. The van der Waals surface area contributed by atoms with Crippen LogP contribution in [0.25, 0.3) is 0 Å². The maximum atomic E-state index is 12.4. The van der Waals surface area contributed by atoms with Crippen LogP contribution in [0.1, 0.15) is 16.1 Å². The summed E-state index contributed by atoms with van der Waals surface area (Å²) in [6.07, 6.45) is 1.75. The van der Waals surface area contributed by atoms with E-state index < -0.39 is 0 Å². The molecule has 4 rings (SSSR count). The van der Waals surface area contributed by atoms with Gasteiger partial charge in [0.05, 0.1) is 12.7 Å². The normalized spacial score (nSPS) is 15.0. The number of piperazine rings is 1. The summed E-state index contributed by atoms with van der Waals surface area (Å²) in [5, 5.41) is 8.16. The van der Waals surface area contributed by atoms with Crippen molar-refractivity contribution in [3.8, 4) is 0 Å². The summed E-state index contributed by atoms with van der Waals surface area (Å²) < 4.78 is 1.76. The third kappa shape index (κ3) is 4.23. The number of hydrogen-bond acceptors (Lipinski definition) is 5. The zero-order valence-electron chi connectivity index (χ0n) is 15.2. The number of carbonyl (C=O) groups is 1. The monoisotopic (exact) mass is 361 g/mol. The molecule has 0 N–H and O–H groups in total. The van der Waals surface area contributed by atoms with Crippen molar-refractivity contribution in [1.29, 1.82) is 0 Å². The molecule has 1 aliphatic heterocycles. The second kappa shape index (κ2) is 8.14. The molecule has 0 spiro atoms. The van der Waals surface area contributed by atoms with E-state index in [1.165, 1.54) is 5.69 Å². The van der Waals surface area contributed by atoms with Crippen LogP contribution in [-0.2, 0) is 6.54 Å². The molecular formula is C21H23N5O. The molecule has 6 heteroatoms. The smallest absolute Gasteiger partial charge is 0.214 e. The lowest BCUT2D eigenvalue weighted by Gasteiger charge is -2.36. The Balaban J connectivity index is 1.28. The molecule has 1 aliphatic rings. The van der Waals surface area contributed by atoms with Crippen LogP contribution in [-0.4, -0.2) is 58.4 Å². The minimum absolute atomic E-state index is 0.0849. The number of rotatable bonds is 6. The molecule has 0 amide bonds. The quantitative estimate of drug-likeness (QED) is 0.631. The largest absolute Gasteiger partial charge is 0.369 e. The fraction of sp³-hybridized carbons (Fsp3) is 0.286. The van der Waals surface area contributed by atoms with Crippen molar-refractivity contribution in [2.45, 2.75) is 6.54 Å². The van der Waals surface area contributed by atoms with Gasteiger partial charge in [-0.05, 0) is 12.1 Å². The van der Waals surface area contributed by atoms with Gasteiger partial charge in [0, 0.05) is 44.0 Å². The Labute approximate surface area is 159 Å². The molecule has 2 aromatic carbocycles. The predicted octanol–water partition coefficient (Wildman–Crippen LogP) is 2.33. The van der Waals surface area contributed by atoms with Crippen molar-refractivity contribution >= 4 is 11.5 Å². The molecule has 1 saturated heterocycles. The number of aromatic nitrogens is 3. The summed E-state index contributed by atoms with van der Waals surface area (Å²) >= 11 is 0. The van der Waals surface area contributed by atoms with Crippen LogP contribution in [0.2, 0.25) is 0 Å². The predicted molar refractivity (Wildman–Crippen MR) is 105 cm³/mol. The van der Waals surface area contributed by atoms with Gasteiger partial charge in [0.2, 0.25) is 5.78 Å². The number of carbonyl (C=O) groups excluding carboxylic acids is 1. The Hall–Kier alpha value is -2.99. The summed E-state index contributed by atoms with van der Waals surface area (Å²) in [6, 6.07) is 19.7. The Kier molecular flexibility index (Phi) is 5.25. The highest BCUT2D eigenvalue weighted by Gasteiger charge is 2.17. The zero-order valence-corrected chi connectivity index (χ0v) is 15.2. The first-order valence-electron chi connectivity index (χ1n) is 9.32. The first-order chi connectivity index (χ1) is 13.3. The fourth-order valence-electron chi connectivity index (χ4n) is 3.36. The van der Waals surface area contributed by atoms with Gasteiger partial charge in [-0.2, -0.15) is 0 Å². The maximum Gasteiger partial charge on any atom is 0.214 e. The summed E-state index contributed by atoms with van der Waals surface area (Å²) in [4.78, 5) is 17.3. The van der Waals surface area contributed by atoms with E-state index in [4.69, 9.17) is 0 Å². The number of anilines is 1. The summed E-state index contributed by atoms with van der Waals surface area (Å²) in [5.41, 5.74) is 2.33. The second-order valence-electron chi connectivity index (χ2n) is 6.73. The third-order valence-corrected chi connectivity index (χ3v) is 4.95. The van der Waals surface area contributed by atoms with E-state index >= 15 is 0 Å². The molecule has 27 heavy (non-hydrogen) atoms. The Morgan fingerprint density at radius 3 is 2.22 bits per heavy atom. The van der Waals surface area contributed by atoms with Crippen molar-refractivity contribution in [3.05, 3.63) is 78.1 Å². The van der Waals surface area contributed by atoms with Crippen molar-refractivity contribution in [2.24, 2.45) is 0 Å². The Morgan fingerprint density at radius 1 is 0.852 bits per heavy atom. The van der Waals surface area contributed by atoms with Gasteiger partial charge in [0.1, 0.15) is 0 Å². The number of benzene rings is 2. The number of ketones is 1. The lowest BCUT2D eigenvalue weighted by atomic mass is 10.1. The second-order valence-corrected chi connectivity index (χ2v) is 6.73. The van der Waals surface area contributed by atoms with Crippen molar-refractivity contribution in [2.75, 3.05) is 37.6 Å². The molecule has 0 radical (unpaired) electrons. The molecule has 0 bridgehead atoms. The zero-order chi connectivity index (χ0) is 18.5. The van der Waals surface area contributed by atoms with E-state index in [1.54, 1.807) is 23.0 Å². The number of para-hydroxylation sites is 1. The van der Waals surface area contributed by atoms with Crippen LogP contribution in [0.4, 0.5) is 5.69 Å². The summed E-state index contributed by atoms with van der Waals surface area (Å²) in [5.74, 6) is -0.0849. The Bertz CT molecular complexity index is 870. The average molecular weight is 361 g/mol. The minimum Gasteiger partial charge on any atom is -0.369 e. The molecule has 1 aromatic heterocycles. The van der Waals surface area contributed by atoms with Crippen molar-refractivity contribution in [3.63, 3.8) is 0 Å². The van der Waals surface area contributed by atoms with Crippen LogP contribution in [0.3, 0.4) is 0 Å². The molecule has 0 atom stereocenters.